The smallest absolute Gasteiger partial charge is 0.276 e. The molecule has 4 aromatic rings. The highest BCUT2D eigenvalue weighted by Crippen LogP contribution is 2.13. The van der Waals surface area contributed by atoms with Crippen molar-refractivity contribution in [2.45, 2.75) is 26.4 Å². The molecule has 2 heterocycles. The van der Waals surface area contributed by atoms with Crippen molar-refractivity contribution in [1.29, 1.82) is 0 Å². The van der Waals surface area contributed by atoms with Gasteiger partial charge in [0.2, 0.25) is 5.78 Å². The van der Waals surface area contributed by atoms with E-state index in [1.807, 2.05) is 25.1 Å². The molecule has 0 spiro atoms. The second kappa shape index (κ2) is 6.46. The van der Waals surface area contributed by atoms with Crippen molar-refractivity contribution in [2.24, 2.45) is 0 Å². The average Bonchev–Trinajstić information content (AvgIpc) is 2.97. The van der Waals surface area contributed by atoms with E-state index in [1.165, 1.54) is 9.08 Å². The van der Waals surface area contributed by atoms with Gasteiger partial charge in [0.15, 0.2) is 0 Å². The predicted octanol–water partition coefficient (Wildman–Crippen LogP) is 2.92. The molecule has 0 radical (unpaired) electrons. The van der Waals surface area contributed by atoms with E-state index in [1.54, 1.807) is 34.9 Å². The molecular weight excluding hydrogens is 352 g/mol. The van der Waals surface area contributed by atoms with E-state index in [0.717, 1.165) is 12.0 Å². The summed E-state index contributed by atoms with van der Waals surface area (Å²) in [6, 6.07) is 14.4. The normalized spacial score (nSPS) is 11.5. The molecule has 2 aromatic heterocycles. The van der Waals surface area contributed by atoms with Crippen LogP contribution in [0.3, 0.4) is 0 Å². The second-order valence-electron chi connectivity index (χ2n) is 6.18. The van der Waals surface area contributed by atoms with Crippen molar-refractivity contribution in [2.75, 3.05) is 0 Å². The molecule has 0 saturated carbocycles. The third kappa shape index (κ3) is 2.63. The Labute approximate surface area is 153 Å². The van der Waals surface area contributed by atoms with E-state index in [2.05, 4.69) is 5.10 Å². The maximum absolute atomic E-state index is 13.0. The fourth-order valence-corrected chi connectivity index (χ4v) is 3.28. The Hall–Kier alpha value is -2.86. The number of halogens is 1. The van der Waals surface area contributed by atoms with Crippen LogP contribution in [0.5, 0.6) is 0 Å². The zero-order valence-electron chi connectivity index (χ0n) is 14.2. The number of fused-ring (bicyclic) bond motifs is 3. The number of para-hydroxylation sites is 1. The summed E-state index contributed by atoms with van der Waals surface area (Å²) < 4.78 is 4.47. The maximum Gasteiger partial charge on any atom is 0.352 e. The monoisotopic (exact) mass is 368 g/mol. The Morgan fingerprint density at radius 2 is 1.77 bits per heavy atom. The molecule has 0 bridgehead atoms. The summed E-state index contributed by atoms with van der Waals surface area (Å²) in [6.45, 7) is 2.80. The minimum absolute atomic E-state index is 0.126. The van der Waals surface area contributed by atoms with E-state index >= 15 is 0 Å². The number of benzene rings is 2. The summed E-state index contributed by atoms with van der Waals surface area (Å²) in [7, 11) is 0. The van der Waals surface area contributed by atoms with Crippen LogP contribution < -0.4 is 11.2 Å². The van der Waals surface area contributed by atoms with E-state index < -0.39 is 0 Å². The van der Waals surface area contributed by atoms with E-state index in [-0.39, 0.29) is 11.2 Å². The lowest BCUT2D eigenvalue weighted by Crippen LogP contribution is -2.26. The Balaban J connectivity index is 2.00. The van der Waals surface area contributed by atoms with Gasteiger partial charge in [-0.3, -0.25) is 9.36 Å². The van der Waals surface area contributed by atoms with Gasteiger partial charge in [-0.05, 0) is 36.2 Å². The first-order valence-electron chi connectivity index (χ1n) is 8.45. The standard InChI is InChI=1S/C19H17ClN4O2/c1-2-11-22-17(25)15-5-3-4-6-16(15)24-18(22)21-23(19(24)26)12-13-7-9-14(20)10-8-13/h3-10H,2,11-12H2,1H3. The summed E-state index contributed by atoms with van der Waals surface area (Å²) in [5, 5.41) is 5.61. The molecule has 0 N–H and O–H groups in total. The number of hydrogen-bond acceptors (Lipinski definition) is 3. The lowest BCUT2D eigenvalue weighted by molar-refractivity contribution is 0.639. The van der Waals surface area contributed by atoms with Crippen molar-refractivity contribution in [3.63, 3.8) is 0 Å². The van der Waals surface area contributed by atoms with E-state index in [9.17, 15) is 9.59 Å². The number of aryl methyl sites for hydroxylation is 1. The van der Waals surface area contributed by atoms with Crippen molar-refractivity contribution in [3.05, 3.63) is 80.0 Å². The van der Waals surface area contributed by atoms with Crippen LogP contribution in [0.2, 0.25) is 5.02 Å². The number of hydrogen-bond donors (Lipinski definition) is 0. The Kier molecular flexibility index (Phi) is 4.12. The molecule has 0 fully saturated rings. The van der Waals surface area contributed by atoms with Crippen molar-refractivity contribution < 1.29 is 0 Å². The van der Waals surface area contributed by atoms with Crippen LogP contribution in [0.1, 0.15) is 18.9 Å². The van der Waals surface area contributed by atoms with Crippen LogP contribution in [0.25, 0.3) is 16.7 Å². The average molecular weight is 369 g/mol. The lowest BCUT2D eigenvalue weighted by Gasteiger charge is -2.07. The van der Waals surface area contributed by atoms with Gasteiger partial charge >= 0.3 is 5.69 Å². The van der Waals surface area contributed by atoms with Crippen molar-refractivity contribution in [3.8, 4) is 0 Å². The van der Waals surface area contributed by atoms with Gasteiger partial charge in [0, 0.05) is 11.6 Å². The zero-order chi connectivity index (χ0) is 18.3. The van der Waals surface area contributed by atoms with Gasteiger partial charge in [0.05, 0.1) is 17.4 Å². The molecule has 0 aliphatic carbocycles. The van der Waals surface area contributed by atoms with Crippen LogP contribution >= 0.6 is 11.6 Å². The Morgan fingerprint density at radius 1 is 1.04 bits per heavy atom. The van der Waals surface area contributed by atoms with Gasteiger partial charge in [-0.2, -0.15) is 0 Å². The third-order valence-electron chi connectivity index (χ3n) is 4.38. The first-order chi connectivity index (χ1) is 12.6. The van der Waals surface area contributed by atoms with Crippen LogP contribution in [0, 0.1) is 0 Å². The summed E-state index contributed by atoms with van der Waals surface area (Å²) >= 11 is 5.92. The third-order valence-corrected chi connectivity index (χ3v) is 4.63. The molecule has 2 aromatic carbocycles. The highest BCUT2D eigenvalue weighted by atomic mass is 35.5. The SMILES string of the molecule is CCCn1c(=O)c2ccccc2n2c(=O)n(Cc3ccc(Cl)cc3)nc12. The zero-order valence-corrected chi connectivity index (χ0v) is 15.0. The summed E-state index contributed by atoms with van der Waals surface area (Å²) in [4.78, 5) is 25.8. The van der Waals surface area contributed by atoms with Crippen LogP contribution in [-0.2, 0) is 13.1 Å². The Bertz CT molecular complexity index is 1220. The largest absolute Gasteiger partial charge is 0.352 e. The predicted molar refractivity (Wildman–Crippen MR) is 102 cm³/mol. The van der Waals surface area contributed by atoms with E-state index in [4.69, 9.17) is 11.6 Å². The van der Waals surface area contributed by atoms with Gasteiger partial charge in [-0.25, -0.2) is 13.9 Å². The summed E-state index contributed by atoms with van der Waals surface area (Å²) in [6.07, 6.45) is 0.770. The summed E-state index contributed by atoms with van der Waals surface area (Å²) in [5.74, 6) is 0.370. The second-order valence-corrected chi connectivity index (χ2v) is 6.61. The van der Waals surface area contributed by atoms with Gasteiger partial charge < -0.3 is 0 Å². The van der Waals surface area contributed by atoms with Crippen molar-refractivity contribution in [1.82, 2.24) is 18.7 Å². The molecular formula is C19H17ClN4O2. The first kappa shape index (κ1) is 16.6. The molecule has 0 atom stereocenters. The minimum Gasteiger partial charge on any atom is -0.276 e. The molecule has 0 unspecified atom stereocenters. The fourth-order valence-electron chi connectivity index (χ4n) is 3.16. The van der Waals surface area contributed by atoms with Gasteiger partial charge in [-0.15, -0.1) is 5.10 Å². The van der Waals surface area contributed by atoms with Crippen LogP contribution in [0.15, 0.2) is 58.1 Å². The molecule has 26 heavy (non-hydrogen) atoms. The van der Waals surface area contributed by atoms with Gasteiger partial charge in [0.25, 0.3) is 5.56 Å². The Morgan fingerprint density at radius 3 is 2.50 bits per heavy atom. The minimum atomic E-state index is -0.268. The quantitative estimate of drug-likeness (QED) is 0.556. The molecule has 6 nitrogen and oxygen atoms in total. The lowest BCUT2D eigenvalue weighted by atomic mass is 10.2. The van der Waals surface area contributed by atoms with Crippen molar-refractivity contribution >= 4 is 28.3 Å². The maximum atomic E-state index is 13.0. The molecule has 0 aliphatic heterocycles. The number of nitrogens with zero attached hydrogens (tertiary/aromatic N) is 4. The highest BCUT2D eigenvalue weighted by molar-refractivity contribution is 6.30. The first-order valence-corrected chi connectivity index (χ1v) is 8.83. The molecule has 0 aliphatic rings. The van der Waals surface area contributed by atoms with Gasteiger partial charge in [-0.1, -0.05) is 42.8 Å². The van der Waals surface area contributed by atoms with Crippen LogP contribution in [-0.4, -0.2) is 18.7 Å². The molecule has 132 valence electrons. The summed E-state index contributed by atoms with van der Waals surface area (Å²) in [5.41, 5.74) is 1.09. The van der Waals surface area contributed by atoms with E-state index in [0.29, 0.717) is 34.8 Å². The van der Waals surface area contributed by atoms with Crippen LogP contribution in [0.4, 0.5) is 0 Å². The molecule has 4 rings (SSSR count). The topological polar surface area (TPSA) is 61.3 Å². The van der Waals surface area contributed by atoms with Gasteiger partial charge in [0.1, 0.15) is 0 Å². The fraction of sp³-hybridized carbons (Fsp3) is 0.211. The number of rotatable bonds is 4. The number of aromatic nitrogens is 4. The molecule has 0 amide bonds. The highest BCUT2D eigenvalue weighted by Gasteiger charge is 2.16. The molecule has 7 heteroatoms. The molecule has 0 saturated heterocycles.